The molecule has 4 rings (SSSR count). The van der Waals surface area contributed by atoms with E-state index in [9.17, 15) is 18.8 Å². The van der Waals surface area contributed by atoms with E-state index in [-0.39, 0.29) is 27.9 Å². The average molecular weight is 381 g/mol. The Kier molecular flexibility index (Phi) is 3.64. The van der Waals surface area contributed by atoms with Gasteiger partial charge in [0.15, 0.2) is 5.76 Å². The summed E-state index contributed by atoms with van der Waals surface area (Å²) >= 11 is 0. The van der Waals surface area contributed by atoms with Crippen molar-refractivity contribution in [2.45, 2.75) is 5.92 Å². The third kappa shape index (κ3) is 2.36. The predicted molar refractivity (Wildman–Crippen MR) is 99.4 cm³/mol. The molecule has 136 valence electrons. The van der Waals surface area contributed by atoms with Gasteiger partial charge in [0.2, 0.25) is 5.88 Å². The number of para-hydroxylation sites is 1. The number of benzene rings is 2. The number of aromatic hydroxyl groups is 1. The Bertz CT molecular complexity index is 1160. The van der Waals surface area contributed by atoms with E-state index in [4.69, 9.17) is 10.5 Å². The van der Waals surface area contributed by atoms with Gasteiger partial charge in [-0.1, -0.05) is 24.3 Å². The smallest absolute Gasteiger partial charge is 0.264 e. The van der Waals surface area contributed by atoms with Crippen molar-refractivity contribution in [3.63, 3.8) is 0 Å². The molecule has 2 aliphatic rings. The Morgan fingerprint density at radius 3 is 2.52 bits per heavy atom. The Balaban J connectivity index is 2.07. The molecule has 0 bridgehead atoms. The zero-order chi connectivity index (χ0) is 19.3. The van der Waals surface area contributed by atoms with Crippen molar-refractivity contribution in [3.05, 3.63) is 76.0 Å². The lowest BCUT2D eigenvalue weighted by Crippen LogP contribution is -2.37. The Morgan fingerprint density at radius 1 is 1.19 bits per heavy atom. The lowest BCUT2D eigenvalue weighted by molar-refractivity contribution is 0.357. The monoisotopic (exact) mass is 381 g/mol. The summed E-state index contributed by atoms with van der Waals surface area (Å²) in [5.74, 6) is -0.910. The first-order valence-corrected chi connectivity index (χ1v) is 9.49. The van der Waals surface area contributed by atoms with Crippen molar-refractivity contribution in [1.82, 2.24) is 0 Å². The number of nitrogens with zero attached hydrogens (tertiary/aromatic N) is 2. The summed E-state index contributed by atoms with van der Waals surface area (Å²) in [5, 5.41) is 19.2. The van der Waals surface area contributed by atoms with E-state index in [0.717, 1.165) is 0 Å². The van der Waals surface area contributed by atoms with Gasteiger partial charge in [-0.2, -0.15) is 5.26 Å². The number of hydrogen-bond acceptors (Lipinski definition) is 6. The van der Waals surface area contributed by atoms with Gasteiger partial charge >= 0.3 is 0 Å². The summed E-state index contributed by atoms with van der Waals surface area (Å²) < 4.78 is 33.4. The van der Waals surface area contributed by atoms with E-state index in [1.54, 1.807) is 36.4 Å². The van der Waals surface area contributed by atoms with Crippen molar-refractivity contribution in [2.75, 3.05) is 11.4 Å². The molecule has 2 aromatic carbocycles. The molecule has 0 saturated carbocycles. The van der Waals surface area contributed by atoms with Crippen molar-refractivity contribution in [2.24, 2.45) is 5.73 Å². The number of hydrogen-bond donors (Lipinski definition) is 2. The highest BCUT2D eigenvalue weighted by atomic mass is 32.2. The molecule has 0 radical (unpaired) electrons. The molecule has 0 saturated heterocycles. The van der Waals surface area contributed by atoms with Gasteiger partial charge in [-0.15, -0.1) is 0 Å². The largest absolute Gasteiger partial charge is 0.508 e. The third-order valence-electron chi connectivity index (χ3n) is 4.73. The Labute approximate surface area is 156 Å². The Morgan fingerprint density at radius 2 is 1.85 bits per heavy atom. The fourth-order valence-corrected chi connectivity index (χ4v) is 5.05. The normalized spacial score (nSPS) is 20.4. The van der Waals surface area contributed by atoms with Crippen molar-refractivity contribution >= 4 is 21.5 Å². The predicted octanol–water partition coefficient (Wildman–Crippen LogP) is 2.35. The second-order valence-corrected chi connectivity index (χ2v) is 8.14. The van der Waals surface area contributed by atoms with Crippen LogP contribution in [0.5, 0.6) is 5.75 Å². The van der Waals surface area contributed by atoms with Crippen LogP contribution in [-0.4, -0.2) is 20.6 Å². The first-order valence-electron chi connectivity index (χ1n) is 8.05. The number of allylic oxidation sites excluding steroid dienone is 2. The van der Waals surface area contributed by atoms with Crippen LogP contribution in [0.4, 0.5) is 5.69 Å². The maximum Gasteiger partial charge on any atom is 0.264 e. The van der Waals surface area contributed by atoms with E-state index in [1.165, 1.54) is 23.5 Å². The molecule has 0 spiro atoms. The van der Waals surface area contributed by atoms with E-state index in [0.29, 0.717) is 16.8 Å². The summed E-state index contributed by atoms with van der Waals surface area (Å²) in [6, 6.07) is 14.9. The molecular weight excluding hydrogens is 366 g/mol. The molecule has 1 unspecified atom stereocenters. The maximum absolute atomic E-state index is 13.3. The standard InChI is InChI=1S/C19H15N3O4S/c1-22-15-5-3-2-4-13(15)17-18(27(22,24)25)16(14(10-20)19(21)26-17)11-6-8-12(23)9-7-11/h2-9,16,23H,21H2,1H3. The lowest BCUT2D eigenvalue weighted by atomic mass is 9.88. The molecule has 27 heavy (non-hydrogen) atoms. The highest BCUT2D eigenvalue weighted by Crippen LogP contribution is 2.50. The lowest BCUT2D eigenvalue weighted by Gasteiger charge is -2.36. The molecule has 0 aliphatic carbocycles. The molecule has 2 heterocycles. The molecule has 2 aliphatic heterocycles. The highest BCUT2D eigenvalue weighted by Gasteiger charge is 2.46. The van der Waals surface area contributed by atoms with Crippen LogP contribution in [0.3, 0.4) is 0 Å². The van der Waals surface area contributed by atoms with E-state index in [1.807, 2.05) is 6.07 Å². The van der Waals surface area contributed by atoms with E-state index >= 15 is 0 Å². The minimum Gasteiger partial charge on any atom is -0.508 e. The zero-order valence-corrected chi connectivity index (χ0v) is 15.1. The first kappa shape index (κ1) is 17.0. The molecule has 1 atom stereocenters. The summed E-state index contributed by atoms with van der Waals surface area (Å²) in [6.07, 6.45) is 0. The Hall–Kier alpha value is -3.44. The number of sulfonamides is 1. The first-order chi connectivity index (χ1) is 12.9. The van der Waals surface area contributed by atoms with Gasteiger partial charge in [-0.25, -0.2) is 8.42 Å². The highest BCUT2D eigenvalue weighted by molar-refractivity contribution is 7.96. The van der Waals surface area contributed by atoms with Crippen molar-refractivity contribution < 1.29 is 18.3 Å². The number of phenols is 1. The van der Waals surface area contributed by atoms with Gasteiger partial charge in [0.05, 0.1) is 11.6 Å². The van der Waals surface area contributed by atoms with Crippen LogP contribution in [0.1, 0.15) is 17.0 Å². The second-order valence-electron chi connectivity index (χ2n) is 6.20. The topological polar surface area (TPSA) is 117 Å². The molecular formula is C19H15N3O4S. The third-order valence-corrected chi connectivity index (χ3v) is 6.62. The van der Waals surface area contributed by atoms with Crippen LogP contribution in [0, 0.1) is 11.3 Å². The van der Waals surface area contributed by atoms with E-state index in [2.05, 4.69) is 0 Å². The van der Waals surface area contributed by atoms with Crippen LogP contribution in [0.25, 0.3) is 5.76 Å². The minimum atomic E-state index is -3.96. The molecule has 8 heteroatoms. The molecule has 0 fully saturated rings. The number of nitrogens with two attached hydrogens (primary N) is 1. The molecule has 2 aromatic rings. The van der Waals surface area contributed by atoms with Gasteiger partial charge in [-0.3, -0.25) is 4.31 Å². The maximum atomic E-state index is 13.3. The molecule has 3 N–H and O–H groups in total. The fraction of sp³-hybridized carbons (Fsp3) is 0.105. The van der Waals surface area contributed by atoms with Crippen LogP contribution in [-0.2, 0) is 14.8 Å². The summed E-state index contributed by atoms with van der Waals surface area (Å²) in [7, 11) is -2.51. The number of phenolic OH excluding ortho intramolecular Hbond substituents is 1. The van der Waals surface area contributed by atoms with Gasteiger partial charge in [0, 0.05) is 12.6 Å². The number of anilines is 1. The summed E-state index contributed by atoms with van der Waals surface area (Å²) in [6.45, 7) is 0. The summed E-state index contributed by atoms with van der Waals surface area (Å²) in [5.41, 5.74) is 7.54. The fourth-order valence-electron chi connectivity index (χ4n) is 3.40. The SMILES string of the molecule is CN1c2ccccc2C2=C(C(c3ccc(O)cc3)C(C#N)=C(N)O2)S1(=O)=O. The average Bonchev–Trinajstić information content (AvgIpc) is 2.66. The van der Waals surface area contributed by atoms with Crippen molar-refractivity contribution in [1.29, 1.82) is 5.26 Å². The summed E-state index contributed by atoms with van der Waals surface area (Å²) in [4.78, 5) is -0.0415. The molecule has 0 aromatic heterocycles. The van der Waals surface area contributed by atoms with Crippen LogP contribution < -0.4 is 10.0 Å². The van der Waals surface area contributed by atoms with E-state index < -0.39 is 15.9 Å². The second kappa shape index (κ2) is 5.79. The number of fused-ring (bicyclic) bond motifs is 2. The number of ether oxygens (including phenoxy) is 1. The van der Waals surface area contributed by atoms with Gasteiger partial charge < -0.3 is 15.6 Å². The number of rotatable bonds is 1. The number of nitriles is 1. The minimum absolute atomic E-state index is 0.01000. The van der Waals surface area contributed by atoms with Crippen LogP contribution in [0.15, 0.2) is 64.9 Å². The van der Waals surface area contributed by atoms with Crippen LogP contribution >= 0.6 is 0 Å². The van der Waals surface area contributed by atoms with Gasteiger partial charge in [-0.05, 0) is 29.8 Å². The molecule has 0 amide bonds. The van der Waals surface area contributed by atoms with Crippen molar-refractivity contribution in [3.8, 4) is 11.8 Å². The zero-order valence-electron chi connectivity index (χ0n) is 14.2. The van der Waals surface area contributed by atoms with Gasteiger partial charge in [0.1, 0.15) is 22.3 Å². The van der Waals surface area contributed by atoms with Gasteiger partial charge in [0.25, 0.3) is 10.0 Å². The molecule has 7 nitrogen and oxygen atoms in total. The van der Waals surface area contributed by atoms with Crippen LogP contribution in [0.2, 0.25) is 0 Å². The quantitative estimate of drug-likeness (QED) is 0.783.